The van der Waals surface area contributed by atoms with E-state index in [0.29, 0.717) is 0 Å². The van der Waals surface area contributed by atoms with Gasteiger partial charge in [-0.2, -0.15) is 0 Å². The summed E-state index contributed by atoms with van der Waals surface area (Å²) in [5.74, 6) is -3.16. The standard InChI is InChI=1S/C9H16O4.2K/c1-5-9(6(10)11,7(12)13)8(2,3)4;;/h5H2,1-4H3,(H,10,11)(H,12,13);;/q;2*+1/p-2. The number of hydrogen-bond donors (Lipinski definition) is 0. The van der Waals surface area contributed by atoms with Gasteiger partial charge in [-0.25, -0.2) is 0 Å². The minimum atomic E-state index is -1.91. The van der Waals surface area contributed by atoms with Gasteiger partial charge in [0.1, 0.15) is 0 Å². The molecule has 0 aromatic carbocycles. The first kappa shape index (κ1) is 22.4. The molecule has 15 heavy (non-hydrogen) atoms. The normalized spacial score (nSPS) is 10.9. The van der Waals surface area contributed by atoms with Crippen LogP contribution in [0.15, 0.2) is 0 Å². The molecule has 0 radical (unpaired) electrons. The van der Waals surface area contributed by atoms with Crippen molar-refractivity contribution in [2.24, 2.45) is 10.8 Å². The molecule has 0 amide bonds. The Morgan fingerprint density at radius 1 is 1.00 bits per heavy atom. The predicted molar refractivity (Wildman–Crippen MR) is 42.2 cm³/mol. The van der Waals surface area contributed by atoms with Crippen molar-refractivity contribution in [3.8, 4) is 0 Å². The third kappa shape index (κ3) is 4.77. The van der Waals surface area contributed by atoms with E-state index in [-0.39, 0.29) is 109 Å². The Balaban J connectivity index is -0.000000720. The molecular formula is C9H14K2O4. The van der Waals surface area contributed by atoms with Crippen molar-refractivity contribution in [1.82, 2.24) is 0 Å². The molecule has 0 spiro atoms. The summed E-state index contributed by atoms with van der Waals surface area (Å²) in [4.78, 5) is 21.6. The third-order valence-electron chi connectivity index (χ3n) is 2.51. The fourth-order valence-corrected chi connectivity index (χ4v) is 1.51. The summed E-state index contributed by atoms with van der Waals surface area (Å²) in [7, 11) is 0. The molecule has 0 rings (SSSR count). The first-order valence-electron chi connectivity index (χ1n) is 4.13. The van der Waals surface area contributed by atoms with Crippen LogP contribution in [-0.2, 0) is 9.59 Å². The summed E-state index contributed by atoms with van der Waals surface area (Å²) >= 11 is 0. The number of hydrogen-bond acceptors (Lipinski definition) is 4. The maximum absolute atomic E-state index is 10.8. The second kappa shape index (κ2) is 8.34. The fourth-order valence-electron chi connectivity index (χ4n) is 1.51. The average Bonchev–Trinajstić information content (AvgIpc) is 1.83. The zero-order valence-corrected chi connectivity index (χ0v) is 16.6. The van der Waals surface area contributed by atoms with Crippen LogP contribution in [0.1, 0.15) is 34.1 Å². The van der Waals surface area contributed by atoms with E-state index in [9.17, 15) is 19.8 Å². The molecular weight excluding hydrogens is 250 g/mol. The molecule has 6 heteroatoms. The van der Waals surface area contributed by atoms with Crippen molar-refractivity contribution in [3.05, 3.63) is 0 Å². The maximum Gasteiger partial charge on any atom is 1.00 e. The van der Waals surface area contributed by atoms with E-state index in [1.54, 1.807) is 20.8 Å². The summed E-state index contributed by atoms with van der Waals surface area (Å²) in [6.45, 7) is 6.13. The van der Waals surface area contributed by atoms with Crippen LogP contribution in [-0.4, -0.2) is 11.9 Å². The number of rotatable bonds is 3. The number of carbonyl (C=O) groups excluding carboxylic acids is 2. The van der Waals surface area contributed by atoms with Crippen LogP contribution in [0.4, 0.5) is 0 Å². The molecule has 0 atom stereocenters. The van der Waals surface area contributed by atoms with E-state index < -0.39 is 22.8 Å². The second-order valence-corrected chi connectivity index (χ2v) is 4.08. The molecule has 0 aromatic heterocycles. The number of carboxylic acids is 2. The average molecular weight is 264 g/mol. The largest absolute Gasteiger partial charge is 1.00 e. The van der Waals surface area contributed by atoms with Crippen molar-refractivity contribution in [2.75, 3.05) is 0 Å². The summed E-state index contributed by atoms with van der Waals surface area (Å²) in [6.07, 6.45) is -0.0405. The van der Waals surface area contributed by atoms with Gasteiger partial charge in [0.15, 0.2) is 0 Å². The summed E-state index contributed by atoms with van der Waals surface area (Å²) < 4.78 is 0. The van der Waals surface area contributed by atoms with Gasteiger partial charge in [-0.1, -0.05) is 27.7 Å². The van der Waals surface area contributed by atoms with Crippen molar-refractivity contribution in [1.29, 1.82) is 0 Å². The zero-order valence-electron chi connectivity index (χ0n) is 10.3. The van der Waals surface area contributed by atoms with Crippen LogP contribution in [0, 0.1) is 10.8 Å². The van der Waals surface area contributed by atoms with Crippen LogP contribution >= 0.6 is 0 Å². The van der Waals surface area contributed by atoms with E-state index in [4.69, 9.17) is 0 Å². The molecule has 0 bridgehead atoms. The molecule has 0 saturated heterocycles. The fraction of sp³-hybridized carbons (Fsp3) is 0.778. The minimum absolute atomic E-state index is 0. The first-order valence-corrected chi connectivity index (χ1v) is 4.13. The molecule has 0 aromatic rings. The Labute approximate surface area is 175 Å². The Morgan fingerprint density at radius 3 is 1.27 bits per heavy atom. The Morgan fingerprint density at radius 2 is 1.27 bits per heavy atom. The third-order valence-corrected chi connectivity index (χ3v) is 2.51. The van der Waals surface area contributed by atoms with Crippen molar-refractivity contribution in [3.63, 3.8) is 0 Å². The van der Waals surface area contributed by atoms with E-state index >= 15 is 0 Å². The molecule has 0 aliphatic heterocycles. The van der Waals surface area contributed by atoms with Crippen molar-refractivity contribution >= 4 is 11.9 Å². The quantitative estimate of drug-likeness (QED) is 0.375. The van der Waals surface area contributed by atoms with E-state index in [0.717, 1.165) is 0 Å². The minimum Gasteiger partial charge on any atom is -0.549 e. The van der Waals surface area contributed by atoms with Gasteiger partial charge in [-0.3, -0.25) is 0 Å². The smallest absolute Gasteiger partial charge is 0.549 e. The molecule has 0 N–H and O–H groups in total. The molecule has 0 aliphatic carbocycles. The molecule has 0 unspecified atom stereocenters. The zero-order chi connectivity index (χ0) is 10.9. The summed E-state index contributed by atoms with van der Waals surface area (Å²) in [5, 5.41) is 21.6. The first-order chi connectivity index (χ1) is 5.70. The van der Waals surface area contributed by atoms with E-state index in [1.165, 1.54) is 6.92 Å². The van der Waals surface area contributed by atoms with E-state index in [2.05, 4.69) is 0 Å². The molecule has 0 heterocycles. The Kier molecular flexibility index (Phi) is 12.5. The molecule has 0 aliphatic rings. The van der Waals surface area contributed by atoms with Crippen molar-refractivity contribution < 1.29 is 123 Å². The van der Waals surface area contributed by atoms with Gasteiger partial charge in [0, 0.05) is 0 Å². The maximum atomic E-state index is 10.8. The number of aliphatic carboxylic acids is 2. The van der Waals surface area contributed by atoms with Crippen LogP contribution in [0.25, 0.3) is 0 Å². The Hall–Kier alpha value is 2.21. The molecule has 76 valence electrons. The van der Waals surface area contributed by atoms with Crippen LogP contribution < -0.4 is 113 Å². The molecule has 4 nitrogen and oxygen atoms in total. The van der Waals surface area contributed by atoms with Gasteiger partial charge in [0.2, 0.25) is 0 Å². The molecule has 0 saturated carbocycles. The van der Waals surface area contributed by atoms with Crippen LogP contribution in [0.2, 0.25) is 0 Å². The van der Waals surface area contributed by atoms with Gasteiger partial charge in [0.25, 0.3) is 0 Å². The second-order valence-electron chi connectivity index (χ2n) is 4.08. The number of carboxylic acid groups (broad SMARTS) is 2. The molecule has 0 fully saturated rings. The van der Waals surface area contributed by atoms with Crippen LogP contribution in [0.3, 0.4) is 0 Å². The number of carbonyl (C=O) groups is 2. The summed E-state index contributed by atoms with van der Waals surface area (Å²) in [6, 6.07) is 0. The monoisotopic (exact) mass is 264 g/mol. The van der Waals surface area contributed by atoms with Gasteiger partial charge in [-0.15, -0.1) is 0 Å². The van der Waals surface area contributed by atoms with Gasteiger partial charge in [0.05, 0.1) is 17.4 Å². The topological polar surface area (TPSA) is 80.3 Å². The summed E-state index contributed by atoms with van der Waals surface area (Å²) in [5.41, 5.74) is -2.83. The Bertz CT molecular complexity index is 219. The van der Waals surface area contributed by atoms with Crippen molar-refractivity contribution in [2.45, 2.75) is 34.1 Å². The predicted octanol–water partition coefficient (Wildman–Crippen LogP) is -7.06. The van der Waals surface area contributed by atoms with Gasteiger partial charge in [-0.05, 0) is 11.8 Å². The SMILES string of the molecule is CCC(C(=O)[O-])(C(=O)[O-])C(C)(C)C.[K+].[K+]. The van der Waals surface area contributed by atoms with Crippen LogP contribution in [0.5, 0.6) is 0 Å². The van der Waals surface area contributed by atoms with E-state index in [1.807, 2.05) is 0 Å². The van der Waals surface area contributed by atoms with Gasteiger partial charge < -0.3 is 19.8 Å². The van der Waals surface area contributed by atoms with Gasteiger partial charge >= 0.3 is 103 Å².